The third-order valence-corrected chi connectivity index (χ3v) is 2.29. The van der Waals surface area contributed by atoms with Crippen molar-refractivity contribution in [3.8, 4) is 5.75 Å². The normalized spacial score (nSPS) is 15.6. The zero-order chi connectivity index (χ0) is 11.1. The van der Waals surface area contributed by atoms with Gasteiger partial charge in [0.05, 0.1) is 17.3 Å². The largest absolute Gasteiger partial charge is 1.00 e. The van der Waals surface area contributed by atoms with E-state index in [4.69, 9.17) is 4.65 Å². The Kier molecular flexibility index (Phi) is 6.69. The predicted octanol–water partition coefficient (Wildman–Crippen LogP) is -7.69. The van der Waals surface area contributed by atoms with Gasteiger partial charge in [0.25, 0.3) is 0 Å². The van der Waals surface area contributed by atoms with Crippen molar-refractivity contribution in [1.29, 1.82) is 0 Å². The van der Waals surface area contributed by atoms with Gasteiger partial charge in [-0.2, -0.15) is 0 Å². The Bertz CT molecular complexity index is 428. The number of carboxylic acids is 1. The molecular formula is C8H8BNNa2O5. The molecule has 1 aromatic heterocycles. The Morgan fingerprint density at radius 2 is 2.06 bits per heavy atom. The van der Waals surface area contributed by atoms with Crippen molar-refractivity contribution < 1.29 is 83.7 Å². The third kappa shape index (κ3) is 3.94. The summed E-state index contributed by atoms with van der Waals surface area (Å²) >= 11 is 0. The van der Waals surface area contributed by atoms with Gasteiger partial charge >= 0.3 is 65.9 Å². The summed E-state index contributed by atoms with van der Waals surface area (Å²) in [6.07, 6.45) is 2.85. The summed E-state index contributed by atoms with van der Waals surface area (Å²) in [4.78, 5) is 14.4. The van der Waals surface area contributed by atoms with Gasteiger partial charge in [-0.15, -0.1) is 0 Å². The molecule has 0 saturated carbocycles. The summed E-state index contributed by atoms with van der Waals surface area (Å²) in [6.45, 7) is -2.96. The van der Waals surface area contributed by atoms with Crippen LogP contribution in [0.1, 0.15) is 15.9 Å². The van der Waals surface area contributed by atoms with Crippen LogP contribution >= 0.6 is 0 Å². The molecule has 0 aromatic carbocycles. The van der Waals surface area contributed by atoms with E-state index in [0.29, 0.717) is 12.0 Å². The second-order valence-corrected chi connectivity index (χ2v) is 3.48. The molecule has 2 heterocycles. The zero-order valence-electron chi connectivity index (χ0n) is 9.71. The van der Waals surface area contributed by atoms with Gasteiger partial charge in [0.2, 0.25) is 0 Å². The fourth-order valence-corrected chi connectivity index (χ4v) is 1.55. The first kappa shape index (κ1) is 17.4. The van der Waals surface area contributed by atoms with E-state index in [1.807, 2.05) is 0 Å². The molecule has 0 spiro atoms. The van der Waals surface area contributed by atoms with Crippen molar-refractivity contribution in [1.82, 2.24) is 4.98 Å². The van der Waals surface area contributed by atoms with Gasteiger partial charge in [-0.3, -0.25) is 4.98 Å². The second-order valence-electron chi connectivity index (χ2n) is 3.48. The molecule has 0 unspecified atom stereocenters. The van der Waals surface area contributed by atoms with Crippen LogP contribution in [0.25, 0.3) is 0 Å². The number of aromatic carboxylic acids is 1. The van der Waals surface area contributed by atoms with Gasteiger partial charge < -0.3 is 24.6 Å². The zero-order valence-corrected chi connectivity index (χ0v) is 13.7. The number of hydrogen-bond acceptors (Lipinski definition) is 6. The minimum atomic E-state index is -2.96. The number of carboxylic acid groups (broad SMARTS) is 1. The van der Waals surface area contributed by atoms with Crippen molar-refractivity contribution in [2.45, 2.75) is 12.7 Å². The Balaban J connectivity index is 0.00000128. The van der Waals surface area contributed by atoms with Crippen LogP contribution in [-0.2, 0) is 6.42 Å². The molecule has 0 atom stereocenters. The predicted molar refractivity (Wildman–Crippen MR) is 47.9 cm³/mol. The number of hydrogen-bond donors (Lipinski definition) is 2. The maximum atomic E-state index is 10.7. The van der Waals surface area contributed by atoms with Gasteiger partial charge in [0, 0.05) is 18.0 Å². The number of rotatable bonds is 1. The quantitative estimate of drug-likeness (QED) is 0.483. The molecule has 9 heteroatoms. The number of carbonyl (C=O) groups excluding carboxylic acids is 1. The smallest absolute Gasteiger partial charge is 0.669 e. The number of pyridine rings is 1. The van der Waals surface area contributed by atoms with Crippen molar-refractivity contribution in [3.05, 3.63) is 23.5 Å². The molecule has 1 aliphatic heterocycles. The maximum Gasteiger partial charge on any atom is 1.00 e. The molecule has 17 heavy (non-hydrogen) atoms. The molecule has 0 bridgehead atoms. The van der Waals surface area contributed by atoms with Crippen LogP contribution in [0.15, 0.2) is 12.4 Å². The van der Waals surface area contributed by atoms with Crippen molar-refractivity contribution in [2.75, 3.05) is 0 Å². The summed E-state index contributed by atoms with van der Waals surface area (Å²) in [5, 5.41) is 29.3. The van der Waals surface area contributed by atoms with Crippen LogP contribution in [0.2, 0.25) is 6.32 Å². The van der Waals surface area contributed by atoms with Gasteiger partial charge in [0.15, 0.2) is 0 Å². The van der Waals surface area contributed by atoms with Gasteiger partial charge in [-0.05, 0) is 6.42 Å². The molecule has 6 nitrogen and oxygen atoms in total. The van der Waals surface area contributed by atoms with Crippen LogP contribution in [-0.4, -0.2) is 27.8 Å². The fraction of sp³-hybridized carbons (Fsp3) is 0.250. The summed E-state index contributed by atoms with van der Waals surface area (Å²) in [5.74, 6) is -1.51. The Hall–Kier alpha value is 0.405. The summed E-state index contributed by atoms with van der Waals surface area (Å²) in [7, 11) is 0. The van der Waals surface area contributed by atoms with E-state index < -0.39 is 12.7 Å². The average molecular weight is 255 g/mol. The average Bonchev–Trinajstić information content (AvgIpc) is 2.15. The number of aromatic nitrogens is 1. The van der Waals surface area contributed by atoms with Gasteiger partial charge in [-0.25, -0.2) is 0 Å². The maximum absolute atomic E-state index is 10.7. The standard InChI is InChI=1S/C8H9BNO5.2Na/c11-8(12)6-4-10-3-5-1-2-9(13,14)15-7(5)6;;/h3-4,13-14H,1-2H2,(H,11,12);;/q-1;2*+1/p-1. The van der Waals surface area contributed by atoms with Crippen molar-refractivity contribution >= 4 is 12.7 Å². The number of fused-ring (bicyclic) bond motifs is 1. The van der Waals surface area contributed by atoms with Gasteiger partial charge in [-0.1, -0.05) is 6.32 Å². The molecule has 0 aliphatic carbocycles. The first-order valence-electron chi connectivity index (χ1n) is 4.47. The molecule has 2 N–H and O–H groups in total. The molecule has 0 amide bonds. The monoisotopic (exact) mass is 255 g/mol. The molecule has 0 saturated heterocycles. The first-order chi connectivity index (χ1) is 6.99. The number of carbonyl (C=O) groups is 1. The van der Waals surface area contributed by atoms with E-state index in [2.05, 4.69) is 4.98 Å². The minimum Gasteiger partial charge on any atom is -0.669 e. The van der Waals surface area contributed by atoms with E-state index in [1.54, 1.807) is 0 Å². The second kappa shape index (κ2) is 6.54. The Labute approximate surface area is 142 Å². The van der Waals surface area contributed by atoms with Crippen LogP contribution in [0.4, 0.5) is 0 Å². The van der Waals surface area contributed by atoms with Crippen molar-refractivity contribution in [3.63, 3.8) is 0 Å². The number of nitrogens with zero attached hydrogens (tertiary/aromatic N) is 1. The molecule has 0 radical (unpaired) electrons. The minimum absolute atomic E-state index is 0. The molecule has 1 aromatic rings. The van der Waals surface area contributed by atoms with Crippen LogP contribution in [0.5, 0.6) is 5.75 Å². The van der Waals surface area contributed by atoms with Crippen molar-refractivity contribution in [2.24, 2.45) is 0 Å². The molecule has 1 aliphatic rings. The topological polar surface area (TPSA) is 103 Å². The molecule has 2 rings (SSSR count). The molecule has 0 fully saturated rings. The fourth-order valence-electron chi connectivity index (χ4n) is 1.55. The number of aryl methyl sites for hydroxylation is 1. The van der Waals surface area contributed by atoms with E-state index in [9.17, 15) is 19.9 Å². The van der Waals surface area contributed by atoms with E-state index in [0.717, 1.165) is 6.20 Å². The molecule has 80 valence electrons. The van der Waals surface area contributed by atoms with Crippen LogP contribution in [0.3, 0.4) is 0 Å². The van der Waals surface area contributed by atoms with E-state index >= 15 is 0 Å². The van der Waals surface area contributed by atoms with Gasteiger partial charge in [0.1, 0.15) is 0 Å². The Morgan fingerprint density at radius 3 is 2.65 bits per heavy atom. The van der Waals surface area contributed by atoms with Crippen LogP contribution in [0, 0.1) is 0 Å². The summed E-state index contributed by atoms with van der Waals surface area (Å²) in [5.41, 5.74) is 0.277. The third-order valence-electron chi connectivity index (χ3n) is 2.29. The summed E-state index contributed by atoms with van der Waals surface area (Å²) in [6, 6.07) is 0. The van der Waals surface area contributed by atoms with E-state index in [-0.39, 0.29) is 76.7 Å². The van der Waals surface area contributed by atoms with E-state index in [1.165, 1.54) is 6.20 Å². The SMILES string of the molecule is O=C([O-])c1cncc2c1O[B-](O)(O)CC2.[Na+].[Na+]. The molecular weight excluding hydrogens is 247 g/mol. The van der Waals surface area contributed by atoms with Crippen LogP contribution < -0.4 is 68.9 Å². The summed E-state index contributed by atoms with van der Waals surface area (Å²) < 4.78 is 4.82. The Morgan fingerprint density at radius 1 is 1.41 bits per heavy atom. The first-order valence-corrected chi connectivity index (χ1v) is 4.47.